The molecule has 0 aromatic carbocycles. The van der Waals surface area contributed by atoms with E-state index in [0.717, 1.165) is 32.2 Å². The van der Waals surface area contributed by atoms with Gasteiger partial charge < -0.3 is 11.1 Å². The number of hydrogen-bond acceptors (Lipinski definition) is 3. The number of nitrogens with zero attached hydrogens (tertiary/aromatic N) is 1. The van der Waals surface area contributed by atoms with Crippen LogP contribution in [0.15, 0.2) is 0 Å². The highest BCUT2D eigenvalue weighted by Crippen LogP contribution is 2.28. The summed E-state index contributed by atoms with van der Waals surface area (Å²) in [7, 11) is 0. The highest BCUT2D eigenvalue weighted by atomic mass is 16.1. The molecule has 3 unspecified atom stereocenters. The maximum atomic E-state index is 12.1. The van der Waals surface area contributed by atoms with Gasteiger partial charge in [-0.25, -0.2) is 0 Å². The third kappa shape index (κ3) is 3.93. The van der Waals surface area contributed by atoms with Crippen LogP contribution in [-0.4, -0.2) is 42.5 Å². The van der Waals surface area contributed by atoms with Crippen molar-refractivity contribution in [2.45, 2.75) is 64.0 Å². The van der Waals surface area contributed by atoms with E-state index in [1.807, 2.05) is 0 Å². The van der Waals surface area contributed by atoms with Gasteiger partial charge in [0, 0.05) is 25.0 Å². The van der Waals surface area contributed by atoms with Crippen molar-refractivity contribution in [1.82, 2.24) is 10.2 Å². The Hall–Kier alpha value is -0.610. The number of fused-ring (bicyclic) bond motifs is 1. The first-order valence-corrected chi connectivity index (χ1v) is 7.98. The minimum absolute atomic E-state index is 0.245. The Bertz CT molecular complexity index is 295. The number of hydrogen-bond donors (Lipinski definition) is 2. The minimum atomic E-state index is 0.245. The lowest BCUT2D eigenvalue weighted by atomic mass is 9.96. The van der Waals surface area contributed by atoms with Crippen molar-refractivity contribution < 1.29 is 4.79 Å². The Kier molecular flexibility index (Phi) is 5.64. The molecule has 0 radical (unpaired) electrons. The van der Waals surface area contributed by atoms with Crippen molar-refractivity contribution in [3.8, 4) is 0 Å². The molecule has 2 saturated heterocycles. The molecule has 2 fully saturated rings. The van der Waals surface area contributed by atoms with E-state index in [-0.39, 0.29) is 5.91 Å². The quantitative estimate of drug-likeness (QED) is 0.735. The minimum Gasteiger partial charge on any atom is -0.352 e. The largest absolute Gasteiger partial charge is 0.352 e. The first-order valence-electron chi connectivity index (χ1n) is 7.98. The second-order valence-electron chi connectivity index (χ2n) is 6.10. The Balaban J connectivity index is 1.69. The standard InChI is InChI=1S/C15H29N3O/c1-2-12(7-9-16)5-6-15(19)17-13-8-11-18-10-3-4-14(13)18/h12-14H,2-11,16H2,1H3,(H,17,19). The summed E-state index contributed by atoms with van der Waals surface area (Å²) in [5, 5.41) is 3.26. The zero-order valence-corrected chi connectivity index (χ0v) is 12.2. The Morgan fingerprint density at radius 1 is 1.37 bits per heavy atom. The molecule has 2 aliphatic rings. The fourth-order valence-electron chi connectivity index (χ4n) is 3.65. The lowest BCUT2D eigenvalue weighted by Crippen LogP contribution is -2.42. The van der Waals surface area contributed by atoms with Crippen LogP contribution < -0.4 is 11.1 Å². The highest BCUT2D eigenvalue weighted by Gasteiger charge is 2.37. The van der Waals surface area contributed by atoms with Gasteiger partial charge in [-0.1, -0.05) is 13.3 Å². The lowest BCUT2D eigenvalue weighted by Gasteiger charge is -2.21. The molecule has 0 saturated carbocycles. The Morgan fingerprint density at radius 2 is 2.21 bits per heavy atom. The molecule has 0 aromatic rings. The molecule has 2 rings (SSSR count). The third-order valence-electron chi connectivity index (χ3n) is 4.88. The van der Waals surface area contributed by atoms with Crippen LogP contribution >= 0.6 is 0 Å². The number of carbonyl (C=O) groups excluding carboxylic acids is 1. The third-order valence-corrected chi connectivity index (χ3v) is 4.88. The van der Waals surface area contributed by atoms with Gasteiger partial charge in [0.2, 0.25) is 5.91 Å². The predicted octanol–water partition coefficient (Wildman–Crippen LogP) is 1.49. The average molecular weight is 267 g/mol. The molecule has 2 heterocycles. The van der Waals surface area contributed by atoms with Gasteiger partial charge in [-0.15, -0.1) is 0 Å². The van der Waals surface area contributed by atoms with Crippen LogP contribution in [0.5, 0.6) is 0 Å². The van der Waals surface area contributed by atoms with Gasteiger partial charge in [0.1, 0.15) is 0 Å². The molecule has 2 aliphatic heterocycles. The van der Waals surface area contributed by atoms with Crippen LogP contribution in [0.4, 0.5) is 0 Å². The van der Waals surface area contributed by atoms with Gasteiger partial charge in [-0.3, -0.25) is 9.69 Å². The Labute approximate surface area is 117 Å². The maximum Gasteiger partial charge on any atom is 0.220 e. The van der Waals surface area contributed by atoms with Gasteiger partial charge in [0.05, 0.1) is 0 Å². The zero-order valence-electron chi connectivity index (χ0n) is 12.2. The highest BCUT2D eigenvalue weighted by molar-refractivity contribution is 5.76. The van der Waals surface area contributed by atoms with E-state index in [1.54, 1.807) is 0 Å². The van der Waals surface area contributed by atoms with Crippen molar-refractivity contribution in [2.75, 3.05) is 19.6 Å². The fourth-order valence-corrected chi connectivity index (χ4v) is 3.65. The predicted molar refractivity (Wildman–Crippen MR) is 77.8 cm³/mol. The Morgan fingerprint density at radius 3 is 2.95 bits per heavy atom. The van der Waals surface area contributed by atoms with Crippen LogP contribution in [-0.2, 0) is 4.79 Å². The monoisotopic (exact) mass is 267 g/mol. The van der Waals surface area contributed by atoms with E-state index >= 15 is 0 Å². The molecule has 0 aromatic heterocycles. The molecule has 4 heteroatoms. The van der Waals surface area contributed by atoms with Gasteiger partial charge in [-0.05, 0) is 51.1 Å². The van der Waals surface area contributed by atoms with E-state index < -0.39 is 0 Å². The van der Waals surface area contributed by atoms with E-state index in [2.05, 4.69) is 17.1 Å². The number of carbonyl (C=O) groups is 1. The van der Waals surface area contributed by atoms with Gasteiger partial charge in [0.15, 0.2) is 0 Å². The second-order valence-corrected chi connectivity index (χ2v) is 6.10. The summed E-state index contributed by atoms with van der Waals surface area (Å²) in [6.45, 7) is 5.32. The second kappa shape index (κ2) is 7.25. The van der Waals surface area contributed by atoms with Crippen molar-refractivity contribution in [3.63, 3.8) is 0 Å². The molecule has 4 nitrogen and oxygen atoms in total. The fraction of sp³-hybridized carbons (Fsp3) is 0.933. The van der Waals surface area contributed by atoms with E-state index in [1.165, 1.54) is 25.9 Å². The summed E-state index contributed by atoms with van der Waals surface area (Å²) in [6.07, 6.45) is 7.52. The maximum absolute atomic E-state index is 12.1. The summed E-state index contributed by atoms with van der Waals surface area (Å²) < 4.78 is 0. The molecular weight excluding hydrogens is 238 g/mol. The normalized spacial score (nSPS) is 28.3. The number of amides is 1. The van der Waals surface area contributed by atoms with Crippen LogP contribution in [0.3, 0.4) is 0 Å². The molecule has 19 heavy (non-hydrogen) atoms. The van der Waals surface area contributed by atoms with Crippen LogP contribution in [0.2, 0.25) is 0 Å². The lowest BCUT2D eigenvalue weighted by molar-refractivity contribution is -0.122. The zero-order chi connectivity index (χ0) is 13.7. The summed E-state index contributed by atoms with van der Waals surface area (Å²) in [5.41, 5.74) is 5.60. The van der Waals surface area contributed by atoms with E-state index in [9.17, 15) is 4.79 Å². The van der Waals surface area contributed by atoms with E-state index in [0.29, 0.717) is 24.4 Å². The summed E-state index contributed by atoms with van der Waals surface area (Å²) in [6, 6.07) is 1.03. The number of rotatable bonds is 7. The topological polar surface area (TPSA) is 58.4 Å². The summed E-state index contributed by atoms with van der Waals surface area (Å²) in [5.74, 6) is 0.858. The van der Waals surface area contributed by atoms with Crippen molar-refractivity contribution in [1.29, 1.82) is 0 Å². The molecule has 0 aliphatic carbocycles. The summed E-state index contributed by atoms with van der Waals surface area (Å²) >= 11 is 0. The number of nitrogens with one attached hydrogen (secondary N) is 1. The molecule has 1 amide bonds. The van der Waals surface area contributed by atoms with Crippen LogP contribution in [0.1, 0.15) is 51.9 Å². The molecular formula is C15H29N3O. The van der Waals surface area contributed by atoms with Crippen molar-refractivity contribution >= 4 is 5.91 Å². The SMILES string of the molecule is CCC(CCN)CCC(=O)NC1CCN2CCCC12. The van der Waals surface area contributed by atoms with Gasteiger partial charge >= 0.3 is 0 Å². The first-order chi connectivity index (χ1) is 9.24. The molecule has 3 N–H and O–H groups in total. The average Bonchev–Trinajstić information content (AvgIpc) is 2.99. The molecule has 0 bridgehead atoms. The molecule has 0 spiro atoms. The smallest absolute Gasteiger partial charge is 0.220 e. The van der Waals surface area contributed by atoms with Crippen LogP contribution in [0.25, 0.3) is 0 Å². The van der Waals surface area contributed by atoms with Crippen molar-refractivity contribution in [3.05, 3.63) is 0 Å². The summed E-state index contributed by atoms with van der Waals surface area (Å²) in [4.78, 5) is 14.6. The van der Waals surface area contributed by atoms with Gasteiger partial charge in [-0.2, -0.15) is 0 Å². The first kappa shape index (κ1) is 14.8. The van der Waals surface area contributed by atoms with Crippen molar-refractivity contribution in [2.24, 2.45) is 11.7 Å². The van der Waals surface area contributed by atoms with Gasteiger partial charge in [0.25, 0.3) is 0 Å². The van der Waals surface area contributed by atoms with E-state index in [4.69, 9.17) is 5.73 Å². The molecule has 3 atom stereocenters. The van der Waals surface area contributed by atoms with Crippen LogP contribution in [0, 0.1) is 5.92 Å². The molecule has 110 valence electrons. The number of nitrogens with two attached hydrogens (primary N) is 1.